The Kier molecular flexibility index (Phi) is 8.09. The maximum atomic E-state index is 14.3. The molecular weight excluding hydrogens is 428 g/mol. The molecule has 31 heavy (non-hydrogen) atoms. The summed E-state index contributed by atoms with van der Waals surface area (Å²) in [7, 11) is -4.01. The largest absolute Gasteiger partial charge is 0.355 e. The maximum absolute atomic E-state index is 14.3. The van der Waals surface area contributed by atoms with Crippen molar-refractivity contribution >= 4 is 27.5 Å². The van der Waals surface area contributed by atoms with Crippen molar-refractivity contribution in [2.24, 2.45) is 0 Å². The number of nitrogens with zero attached hydrogens (tertiary/aromatic N) is 2. The Hall–Kier alpha value is -3.01. The van der Waals surface area contributed by atoms with E-state index in [1.165, 1.54) is 54.3 Å². The molecule has 0 aromatic heterocycles. The van der Waals surface area contributed by atoms with E-state index in [1.54, 1.807) is 6.92 Å². The van der Waals surface area contributed by atoms with Crippen molar-refractivity contribution in [2.75, 3.05) is 23.7 Å². The first kappa shape index (κ1) is 24.3. The van der Waals surface area contributed by atoms with E-state index in [0.29, 0.717) is 16.4 Å². The molecule has 168 valence electrons. The summed E-state index contributed by atoms with van der Waals surface area (Å²) >= 11 is 0. The van der Waals surface area contributed by atoms with Crippen LogP contribution in [-0.2, 0) is 26.2 Å². The fourth-order valence-electron chi connectivity index (χ4n) is 2.94. The van der Waals surface area contributed by atoms with E-state index in [9.17, 15) is 26.8 Å². The number of nitrogens with one attached hydrogen (secondary N) is 1. The van der Waals surface area contributed by atoms with Gasteiger partial charge < -0.3 is 10.2 Å². The molecule has 0 aliphatic carbocycles. The minimum atomic E-state index is -4.01. The molecule has 0 aliphatic rings. The summed E-state index contributed by atoms with van der Waals surface area (Å²) in [6.45, 7) is 2.80. The first-order valence-electron chi connectivity index (χ1n) is 9.58. The zero-order chi connectivity index (χ0) is 23.2. The Morgan fingerprint density at radius 3 is 2.23 bits per heavy atom. The first-order valence-corrected chi connectivity index (χ1v) is 11.4. The van der Waals surface area contributed by atoms with Crippen molar-refractivity contribution in [3.8, 4) is 0 Å². The highest BCUT2D eigenvalue weighted by atomic mass is 32.2. The summed E-state index contributed by atoms with van der Waals surface area (Å²) in [4.78, 5) is 26.7. The van der Waals surface area contributed by atoms with E-state index in [1.807, 2.05) is 0 Å². The van der Waals surface area contributed by atoms with Crippen molar-refractivity contribution in [1.82, 2.24) is 10.2 Å². The van der Waals surface area contributed by atoms with Gasteiger partial charge in [0.2, 0.25) is 21.8 Å². The maximum Gasteiger partial charge on any atom is 0.244 e. The molecule has 0 saturated carbocycles. The van der Waals surface area contributed by atoms with Gasteiger partial charge in [-0.2, -0.15) is 0 Å². The average molecular weight is 454 g/mol. The Bertz CT molecular complexity index is 1030. The van der Waals surface area contributed by atoms with Crippen LogP contribution in [0.2, 0.25) is 0 Å². The highest BCUT2D eigenvalue weighted by Gasteiger charge is 2.30. The summed E-state index contributed by atoms with van der Waals surface area (Å²) < 4.78 is 52.8. The lowest BCUT2D eigenvalue weighted by Crippen LogP contribution is -2.51. The number of hydrogen-bond acceptors (Lipinski definition) is 4. The van der Waals surface area contributed by atoms with Crippen LogP contribution in [0.3, 0.4) is 0 Å². The second kappa shape index (κ2) is 10.3. The van der Waals surface area contributed by atoms with Crippen LogP contribution in [-0.4, -0.2) is 50.5 Å². The second-order valence-corrected chi connectivity index (χ2v) is 8.85. The van der Waals surface area contributed by atoms with Gasteiger partial charge in [-0.3, -0.25) is 13.9 Å². The lowest BCUT2D eigenvalue weighted by Gasteiger charge is -2.31. The Morgan fingerprint density at radius 1 is 1.06 bits per heavy atom. The monoisotopic (exact) mass is 453 g/mol. The van der Waals surface area contributed by atoms with E-state index < -0.39 is 46.1 Å². The summed E-state index contributed by atoms with van der Waals surface area (Å²) in [5.41, 5.74) is 0.272. The Balaban J connectivity index is 2.38. The molecule has 2 aromatic rings. The number of hydrogen-bond donors (Lipinski definition) is 1. The molecule has 0 aliphatic heterocycles. The molecule has 0 saturated heterocycles. The number of sulfonamides is 1. The zero-order valence-electron chi connectivity index (χ0n) is 17.5. The van der Waals surface area contributed by atoms with Crippen LogP contribution < -0.4 is 9.62 Å². The third-order valence-corrected chi connectivity index (χ3v) is 5.71. The van der Waals surface area contributed by atoms with Gasteiger partial charge in [0.15, 0.2) is 0 Å². The lowest BCUT2D eigenvalue weighted by molar-refractivity contribution is -0.139. The zero-order valence-corrected chi connectivity index (χ0v) is 18.3. The molecule has 0 radical (unpaired) electrons. The number of rotatable bonds is 9. The van der Waals surface area contributed by atoms with Gasteiger partial charge in [0.05, 0.1) is 11.9 Å². The molecular formula is C21H25F2N3O4S. The minimum absolute atomic E-state index is 0.0632. The number of benzene rings is 2. The molecule has 0 bridgehead atoms. The smallest absolute Gasteiger partial charge is 0.244 e. The number of halogens is 2. The van der Waals surface area contributed by atoms with Crippen molar-refractivity contribution in [3.05, 3.63) is 65.7 Å². The van der Waals surface area contributed by atoms with Crippen LogP contribution in [0.5, 0.6) is 0 Å². The van der Waals surface area contributed by atoms with Crippen LogP contribution in [0.15, 0.2) is 48.5 Å². The van der Waals surface area contributed by atoms with E-state index in [2.05, 4.69) is 5.32 Å². The van der Waals surface area contributed by atoms with Crippen molar-refractivity contribution < 1.29 is 26.8 Å². The first-order chi connectivity index (χ1) is 14.5. The van der Waals surface area contributed by atoms with E-state index in [4.69, 9.17) is 0 Å². The van der Waals surface area contributed by atoms with Crippen LogP contribution in [0, 0.1) is 11.6 Å². The third-order valence-electron chi connectivity index (χ3n) is 4.58. The number of carbonyl (C=O) groups excluding carboxylic acids is 2. The summed E-state index contributed by atoms with van der Waals surface area (Å²) in [5.74, 6) is -2.41. The molecule has 0 fully saturated rings. The standard InChI is InChI=1S/C21H25F2N3O4S/c1-4-24-21(28)15(2)25(13-16-9-11-17(22)12-10-16)20(27)14-26(31(3,29)30)19-8-6-5-7-18(19)23/h5-12,15H,4,13-14H2,1-3H3,(H,24,28). The summed E-state index contributed by atoms with van der Waals surface area (Å²) in [6.07, 6.45) is 0.865. The molecule has 7 nitrogen and oxygen atoms in total. The highest BCUT2D eigenvalue weighted by molar-refractivity contribution is 7.92. The molecule has 10 heteroatoms. The number of likely N-dealkylation sites (N-methyl/N-ethyl adjacent to an activating group) is 1. The average Bonchev–Trinajstić information content (AvgIpc) is 2.71. The fourth-order valence-corrected chi connectivity index (χ4v) is 3.79. The Labute approximate surface area is 180 Å². The quantitative estimate of drug-likeness (QED) is 0.631. The van der Waals surface area contributed by atoms with Crippen molar-refractivity contribution in [1.29, 1.82) is 0 Å². The van der Waals surface area contributed by atoms with Gasteiger partial charge in [-0.25, -0.2) is 17.2 Å². The van der Waals surface area contributed by atoms with E-state index in [-0.39, 0.29) is 12.2 Å². The summed E-state index contributed by atoms with van der Waals surface area (Å²) in [6, 6.07) is 9.62. The van der Waals surface area contributed by atoms with Gasteiger partial charge in [-0.15, -0.1) is 0 Å². The van der Waals surface area contributed by atoms with Crippen molar-refractivity contribution in [3.63, 3.8) is 0 Å². The predicted octanol–water partition coefficient (Wildman–Crippen LogP) is 2.28. The van der Waals surface area contributed by atoms with Gasteiger partial charge in [0, 0.05) is 13.1 Å². The van der Waals surface area contributed by atoms with Gasteiger partial charge in [-0.05, 0) is 43.7 Å². The number of amides is 2. The SMILES string of the molecule is CCNC(=O)C(C)N(Cc1ccc(F)cc1)C(=O)CN(c1ccccc1F)S(C)(=O)=O. The minimum Gasteiger partial charge on any atom is -0.355 e. The van der Waals surface area contributed by atoms with Crippen LogP contribution in [0.4, 0.5) is 14.5 Å². The topological polar surface area (TPSA) is 86.8 Å². The Morgan fingerprint density at radius 2 is 1.68 bits per heavy atom. The third kappa shape index (κ3) is 6.48. The van der Waals surface area contributed by atoms with Crippen molar-refractivity contribution in [2.45, 2.75) is 26.4 Å². The molecule has 1 atom stereocenters. The van der Waals surface area contributed by atoms with Gasteiger partial charge in [0.25, 0.3) is 0 Å². The molecule has 2 aromatic carbocycles. The molecule has 0 spiro atoms. The van der Waals surface area contributed by atoms with Gasteiger partial charge >= 0.3 is 0 Å². The van der Waals surface area contributed by atoms with E-state index >= 15 is 0 Å². The van der Waals surface area contributed by atoms with E-state index in [0.717, 1.165) is 12.3 Å². The van der Waals surface area contributed by atoms with Crippen LogP contribution in [0.25, 0.3) is 0 Å². The number of anilines is 1. The van der Waals surface area contributed by atoms with Crippen LogP contribution in [0.1, 0.15) is 19.4 Å². The number of para-hydroxylation sites is 1. The fraction of sp³-hybridized carbons (Fsp3) is 0.333. The molecule has 1 N–H and O–H groups in total. The molecule has 1 unspecified atom stereocenters. The highest BCUT2D eigenvalue weighted by Crippen LogP contribution is 2.22. The predicted molar refractivity (Wildman–Crippen MR) is 114 cm³/mol. The van der Waals surface area contributed by atoms with Crippen LogP contribution >= 0.6 is 0 Å². The molecule has 2 amide bonds. The molecule has 2 rings (SSSR count). The summed E-state index contributed by atoms with van der Waals surface area (Å²) in [5, 5.41) is 2.62. The van der Waals surface area contributed by atoms with Gasteiger partial charge in [0.1, 0.15) is 24.2 Å². The number of carbonyl (C=O) groups is 2. The molecule has 0 heterocycles. The normalized spacial score (nSPS) is 12.2. The lowest BCUT2D eigenvalue weighted by atomic mass is 10.1. The van der Waals surface area contributed by atoms with Gasteiger partial charge in [-0.1, -0.05) is 24.3 Å². The second-order valence-electron chi connectivity index (χ2n) is 6.94.